The van der Waals surface area contributed by atoms with Crippen LogP contribution in [0.5, 0.6) is 11.6 Å². The molecule has 0 N–H and O–H groups in total. The van der Waals surface area contributed by atoms with Crippen molar-refractivity contribution in [3.63, 3.8) is 0 Å². The third-order valence-electron chi connectivity index (χ3n) is 2.14. The normalized spacial score (nSPS) is 10.4. The Kier molecular flexibility index (Phi) is 4.14. The fourth-order valence-electron chi connectivity index (χ4n) is 1.32. The zero-order valence-corrected chi connectivity index (χ0v) is 11.3. The van der Waals surface area contributed by atoms with Gasteiger partial charge in [-0.3, -0.25) is 0 Å². The molecule has 0 unspecified atom stereocenters. The quantitative estimate of drug-likeness (QED) is 0.762. The molecule has 6 heteroatoms. The average molecular weight is 335 g/mol. The first-order valence-corrected chi connectivity index (χ1v) is 6.26. The maximum Gasteiger partial charge on any atom is 0.223 e. The SMILES string of the molecule is Fc1cnc(Oc2cc(Br)ccc2F)c(CCl)c1. The van der Waals surface area contributed by atoms with Gasteiger partial charge in [0, 0.05) is 10.0 Å². The molecule has 0 atom stereocenters. The number of aromatic nitrogens is 1. The van der Waals surface area contributed by atoms with Gasteiger partial charge in [-0.2, -0.15) is 0 Å². The Bertz CT molecular complexity index is 580. The Morgan fingerprint density at radius 3 is 2.78 bits per heavy atom. The Morgan fingerprint density at radius 2 is 2.06 bits per heavy atom. The molecule has 0 saturated carbocycles. The van der Waals surface area contributed by atoms with E-state index in [9.17, 15) is 8.78 Å². The summed E-state index contributed by atoms with van der Waals surface area (Å²) in [5, 5.41) is 0. The second-order valence-corrected chi connectivity index (χ2v) is 4.61. The lowest BCUT2D eigenvalue weighted by Crippen LogP contribution is -1.96. The van der Waals surface area contributed by atoms with E-state index in [-0.39, 0.29) is 17.5 Å². The lowest BCUT2D eigenvalue weighted by molar-refractivity contribution is 0.421. The van der Waals surface area contributed by atoms with Crippen LogP contribution in [0.15, 0.2) is 34.9 Å². The van der Waals surface area contributed by atoms with Gasteiger partial charge in [0.25, 0.3) is 0 Å². The van der Waals surface area contributed by atoms with Gasteiger partial charge in [-0.05, 0) is 24.3 Å². The van der Waals surface area contributed by atoms with Crippen LogP contribution in [0.1, 0.15) is 5.56 Å². The lowest BCUT2D eigenvalue weighted by Gasteiger charge is -2.09. The number of rotatable bonds is 3. The number of pyridine rings is 1. The third kappa shape index (κ3) is 2.97. The van der Waals surface area contributed by atoms with Gasteiger partial charge in [0.1, 0.15) is 5.82 Å². The van der Waals surface area contributed by atoms with Gasteiger partial charge in [0.05, 0.1) is 12.1 Å². The Hall–Kier alpha value is -1.20. The molecular formula is C12H7BrClF2NO. The maximum absolute atomic E-state index is 13.5. The molecule has 0 aliphatic carbocycles. The van der Waals surface area contributed by atoms with Crippen LogP contribution in [-0.2, 0) is 5.88 Å². The minimum absolute atomic E-state index is 0.00477. The molecule has 0 spiro atoms. The molecule has 0 radical (unpaired) electrons. The molecule has 1 aromatic heterocycles. The second kappa shape index (κ2) is 5.63. The summed E-state index contributed by atoms with van der Waals surface area (Å²) < 4.78 is 32.4. The number of nitrogens with zero attached hydrogens (tertiary/aromatic N) is 1. The van der Waals surface area contributed by atoms with Gasteiger partial charge in [0.2, 0.25) is 5.88 Å². The highest BCUT2D eigenvalue weighted by molar-refractivity contribution is 9.10. The van der Waals surface area contributed by atoms with E-state index in [4.69, 9.17) is 16.3 Å². The summed E-state index contributed by atoms with van der Waals surface area (Å²) in [4.78, 5) is 3.75. The van der Waals surface area contributed by atoms with E-state index in [1.54, 1.807) is 6.07 Å². The molecule has 1 aromatic carbocycles. The van der Waals surface area contributed by atoms with Crippen molar-refractivity contribution in [3.05, 3.63) is 52.1 Å². The number of hydrogen-bond donors (Lipinski definition) is 0. The first-order valence-electron chi connectivity index (χ1n) is 4.93. The summed E-state index contributed by atoms with van der Waals surface area (Å²) in [5.74, 6) is -0.953. The van der Waals surface area contributed by atoms with Crippen LogP contribution in [0.2, 0.25) is 0 Å². The first-order chi connectivity index (χ1) is 8.60. The van der Waals surface area contributed by atoms with Gasteiger partial charge in [-0.25, -0.2) is 13.8 Å². The Labute approximate surface area is 116 Å². The van der Waals surface area contributed by atoms with Crippen LogP contribution >= 0.6 is 27.5 Å². The molecule has 2 rings (SSSR count). The second-order valence-electron chi connectivity index (χ2n) is 3.43. The van der Waals surface area contributed by atoms with Crippen LogP contribution in [0.3, 0.4) is 0 Å². The topological polar surface area (TPSA) is 22.1 Å². The summed E-state index contributed by atoms with van der Waals surface area (Å²) in [5.41, 5.74) is 0.357. The summed E-state index contributed by atoms with van der Waals surface area (Å²) in [6, 6.07) is 5.45. The van der Waals surface area contributed by atoms with Crippen molar-refractivity contribution in [1.29, 1.82) is 0 Å². The van der Waals surface area contributed by atoms with Crippen LogP contribution in [0.25, 0.3) is 0 Å². The molecule has 94 valence electrons. The molecule has 0 amide bonds. The molecule has 1 heterocycles. The standard InChI is InChI=1S/C12H7BrClF2NO/c13-8-1-2-10(16)11(4-8)18-12-7(5-14)3-9(15)6-17-12/h1-4,6H,5H2. The average Bonchev–Trinajstić information content (AvgIpc) is 2.36. The zero-order valence-electron chi connectivity index (χ0n) is 8.96. The van der Waals surface area contributed by atoms with Gasteiger partial charge < -0.3 is 4.74 Å². The van der Waals surface area contributed by atoms with Crippen LogP contribution in [0, 0.1) is 11.6 Å². The van der Waals surface area contributed by atoms with E-state index < -0.39 is 11.6 Å². The summed E-state index contributed by atoms with van der Waals surface area (Å²) in [6.45, 7) is 0. The number of ether oxygens (including phenoxy) is 1. The molecule has 0 aliphatic rings. The van der Waals surface area contributed by atoms with Gasteiger partial charge >= 0.3 is 0 Å². The third-order valence-corrected chi connectivity index (χ3v) is 2.92. The van der Waals surface area contributed by atoms with Gasteiger partial charge in [-0.1, -0.05) is 15.9 Å². The number of alkyl halides is 1. The lowest BCUT2D eigenvalue weighted by atomic mass is 10.3. The van der Waals surface area contributed by atoms with E-state index in [2.05, 4.69) is 20.9 Å². The van der Waals surface area contributed by atoms with Crippen LogP contribution < -0.4 is 4.74 Å². The monoisotopic (exact) mass is 333 g/mol. The Balaban J connectivity index is 2.36. The predicted octanol–water partition coefficient (Wildman–Crippen LogP) is 4.65. The fraction of sp³-hybridized carbons (Fsp3) is 0.0833. The van der Waals surface area contributed by atoms with Crippen molar-refractivity contribution in [2.24, 2.45) is 0 Å². The summed E-state index contributed by atoms with van der Waals surface area (Å²) in [6.07, 6.45) is 0.987. The first kappa shape index (κ1) is 13.2. The smallest absolute Gasteiger partial charge is 0.223 e. The molecule has 0 aliphatic heterocycles. The molecule has 0 bridgehead atoms. The molecular weight excluding hydrogens is 327 g/mol. The van der Waals surface area contributed by atoms with E-state index in [0.717, 1.165) is 6.20 Å². The van der Waals surface area contributed by atoms with E-state index in [0.29, 0.717) is 10.0 Å². The van der Waals surface area contributed by atoms with Crippen LogP contribution in [0.4, 0.5) is 8.78 Å². The highest BCUT2D eigenvalue weighted by atomic mass is 79.9. The molecule has 2 aromatic rings. The van der Waals surface area contributed by atoms with Crippen molar-refractivity contribution in [2.75, 3.05) is 0 Å². The highest BCUT2D eigenvalue weighted by Gasteiger charge is 2.11. The molecule has 0 fully saturated rings. The Morgan fingerprint density at radius 1 is 1.28 bits per heavy atom. The maximum atomic E-state index is 13.5. The number of hydrogen-bond acceptors (Lipinski definition) is 2. The van der Waals surface area contributed by atoms with E-state index in [1.165, 1.54) is 18.2 Å². The minimum Gasteiger partial charge on any atom is -0.436 e. The summed E-state index contributed by atoms with van der Waals surface area (Å²) in [7, 11) is 0. The number of benzene rings is 1. The molecule has 0 saturated heterocycles. The van der Waals surface area contributed by atoms with Crippen molar-refractivity contribution >= 4 is 27.5 Å². The largest absolute Gasteiger partial charge is 0.436 e. The minimum atomic E-state index is -0.537. The van der Waals surface area contributed by atoms with Gasteiger partial charge in [0.15, 0.2) is 11.6 Å². The van der Waals surface area contributed by atoms with Crippen molar-refractivity contribution in [3.8, 4) is 11.6 Å². The predicted molar refractivity (Wildman–Crippen MR) is 67.9 cm³/mol. The zero-order chi connectivity index (χ0) is 13.1. The van der Waals surface area contributed by atoms with Crippen molar-refractivity contribution in [2.45, 2.75) is 5.88 Å². The van der Waals surface area contributed by atoms with E-state index >= 15 is 0 Å². The van der Waals surface area contributed by atoms with Crippen molar-refractivity contribution in [1.82, 2.24) is 4.98 Å². The van der Waals surface area contributed by atoms with Gasteiger partial charge in [-0.15, -0.1) is 11.6 Å². The molecule has 2 nitrogen and oxygen atoms in total. The van der Waals surface area contributed by atoms with Crippen molar-refractivity contribution < 1.29 is 13.5 Å². The highest BCUT2D eigenvalue weighted by Crippen LogP contribution is 2.29. The van der Waals surface area contributed by atoms with E-state index in [1.807, 2.05) is 0 Å². The number of halogens is 4. The summed E-state index contributed by atoms with van der Waals surface area (Å²) >= 11 is 8.86. The molecule has 18 heavy (non-hydrogen) atoms. The van der Waals surface area contributed by atoms with Crippen LogP contribution in [-0.4, -0.2) is 4.98 Å². The fourth-order valence-corrected chi connectivity index (χ4v) is 1.85.